The van der Waals surface area contributed by atoms with Crippen LogP contribution >= 0.6 is 0 Å². The predicted octanol–water partition coefficient (Wildman–Crippen LogP) is 3.64. The standard InChI is InChI=1S/C15H20N2/c1-13-11-14(12-16)7-8-15(13)17-9-5-3-2-4-6-10-17/h7-8,11H,2-6,9-10H2,1H3. The van der Waals surface area contributed by atoms with E-state index >= 15 is 0 Å². The summed E-state index contributed by atoms with van der Waals surface area (Å²) in [4.78, 5) is 2.48. The Morgan fingerprint density at radius 1 is 1.06 bits per heavy atom. The van der Waals surface area contributed by atoms with Crippen LogP contribution in [0.1, 0.15) is 43.2 Å². The molecule has 0 amide bonds. The number of rotatable bonds is 1. The zero-order chi connectivity index (χ0) is 12.1. The molecule has 0 unspecified atom stereocenters. The average molecular weight is 228 g/mol. The SMILES string of the molecule is Cc1cc(C#N)ccc1N1CCCCCCC1. The van der Waals surface area contributed by atoms with Crippen LogP contribution in [-0.4, -0.2) is 13.1 Å². The Morgan fingerprint density at radius 3 is 2.29 bits per heavy atom. The fraction of sp³-hybridized carbons (Fsp3) is 0.533. The molecule has 90 valence electrons. The second kappa shape index (κ2) is 5.72. The molecule has 0 saturated carbocycles. The Kier molecular flexibility index (Phi) is 4.03. The summed E-state index contributed by atoms with van der Waals surface area (Å²) in [5.74, 6) is 0. The van der Waals surface area contributed by atoms with Gasteiger partial charge >= 0.3 is 0 Å². The summed E-state index contributed by atoms with van der Waals surface area (Å²) in [6, 6.07) is 8.23. The van der Waals surface area contributed by atoms with Crippen molar-refractivity contribution >= 4 is 5.69 Å². The van der Waals surface area contributed by atoms with Crippen molar-refractivity contribution in [1.29, 1.82) is 5.26 Å². The van der Waals surface area contributed by atoms with E-state index in [1.807, 2.05) is 12.1 Å². The minimum absolute atomic E-state index is 0.762. The van der Waals surface area contributed by atoms with Gasteiger partial charge in [-0.05, 0) is 43.5 Å². The van der Waals surface area contributed by atoms with Gasteiger partial charge in [0.2, 0.25) is 0 Å². The van der Waals surface area contributed by atoms with E-state index in [1.165, 1.54) is 43.4 Å². The number of anilines is 1. The van der Waals surface area contributed by atoms with Crippen molar-refractivity contribution in [3.8, 4) is 6.07 Å². The Hall–Kier alpha value is -1.49. The van der Waals surface area contributed by atoms with Crippen LogP contribution in [0.4, 0.5) is 5.69 Å². The van der Waals surface area contributed by atoms with Crippen molar-refractivity contribution in [1.82, 2.24) is 0 Å². The Bertz CT molecular complexity index is 409. The molecule has 1 saturated heterocycles. The lowest BCUT2D eigenvalue weighted by molar-refractivity contribution is 0.556. The fourth-order valence-corrected chi connectivity index (χ4v) is 2.57. The molecule has 1 aliphatic heterocycles. The van der Waals surface area contributed by atoms with E-state index in [2.05, 4.69) is 24.0 Å². The largest absolute Gasteiger partial charge is 0.371 e. The molecule has 2 rings (SSSR count). The molecule has 0 atom stereocenters. The summed E-state index contributed by atoms with van der Waals surface area (Å²) >= 11 is 0. The van der Waals surface area contributed by atoms with Crippen LogP contribution in [0, 0.1) is 18.3 Å². The maximum atomic E-state index is 8.88. The number of benzene rings is 1. The molecule has 0 N–H and O–H groups in total. The molecule has 1 aliphatic rings. The van der Waals surface area contributed by atoms with Crippen LogP contribution < -0.4 is 4.90 Å². The summed E-state index contributed by atoms with van der Waals surface area (Å²) < 4.78 is 0. The zero-order valence-corrected chi connectivity index (χ0v) is 10.6. The lowest BCUT2D eigenvalue weighted by atomic mass is 10.1. The van der Waals surface area contributed by atoms with Crippen molar-refractivity contribution in [2.45, 2.75) is 39.0 Å². The summed E-state index contributed by atoms with van der Waals surface area (Å²) in [5, 5.41) is 8.88. The van der Waals surface area contributed by atoms with E-state index in [1.54, 1.807) is 0 Å². The first-order valence-corrected chi connectivity index (χ1v) is 6.57. The van der Waals surface area contributed by atoms with E-state index in [0.717, 1.165) is 18.7 Å². The first-order chi connectivity index (χ1) is 8.31. The van der Waals surface area contributed by atoms with Gasteiger partial charge < -0.3 is 4.90 Å². The summed E-state index contributed by atoms with van der Waals surface area (Å²) in [7, 11) is 0. The van der Waals surface area contributed by atoms with E-state index in [0.29, 0.717) is 0 Å². The highest BCUT2D eigenvalue weighted by molar-refractivity contribution is 5.56. The Labute approximate surface area is 104 Å². The van der Waals surface area contributed by atoms with Gasteiger partial charge in [-0.25, -0.2) is 0 Å². The lowest BCUT2D eigenvalue weighted by Gasteiger charge is -2.28. The smallest absolute Gasteiger partial charge is 0.0991 e. The number of aryl methyl sites for hydroxylation is 1. The van der Waals surface area contributed by atoms with Crippen LogP contribution in [0.15, 0.2) is 18.2 Å². The second-order valence-corrected chi connectivity index (χ2v) is 4.87. The molecule has 0 aromatic heterocycles. The number of nitriles is 1. The molecule has 2 nitrogen and oxygen atoms in total. The quantitative estimate of drug-likeness (QED) is 0.733. The molecule has 0 aliphatic carbocycles. The van der Waals surface area contributed by atoms with E-state index < -0.39 is 0 Å². The number of nitrogens with zero attached hydrogens (tertiary/aromatic N) is 2. The molecule has 1 aromatic rings. The Balaban J connectivity index is 2.17. The lowest BCUT2D eigenvalue weighted by Crippen LogP contribution is -2.27. The van der Waals surface area contributed by atoms with Crippen molar-refractivity contribution in [2.24, 2.45) is 0 Å². The summed E-state index contributed by atoms with van der Waals surface area (Å²) in [5.41, 5.74) is 3.30. The topological polar surface area (TPSA) is 27.0 Å². The minimum atomic E-state index is 0.762. The van der Waals surface area contributed by atoms with Crippen LogP contribution in [-0.2, 0) is 0 Å². The van der Waals surface area contributed by atoms with E-state index in [4.69, 9.17) is 5.26 Å². The van der Waals surface area contributed by atoms with Crippen LogP contribution in [0.25, 0.3) is 0 Å². The van der Waals surface area contributed by atoms with Gasteiger partial charge in [0.05, 0.1) is 11.6 Å². The molecule has 1 fully saturated rings. The van der Waals surface area contributed by atoms with E-state index in [9.17, 15) is 0 Å². The van der Waals surface area contributed by atoms with Gasteiger partial charge in [-0.3, -0.25) is 0 Å². The molecule has 0 spiro atoms. The van der Waals surface area contributed by atoms with Crippen molar-refractivity contribution in [2.75, 3.05) is 18.0 Å². The van der Waals surface area contributed by atoms with Crippen LogP contribution in [0.3, 0.4) is 0 Å². The average Bonchev–Trinajstić information content (AvgIpc) is 2.29. The normalized spacial score (nSPS) is 17.1. The highest BCUT2D eigenvalue weighted by atomic mass is 15.1. The third-order valence-electron chi connectivity index (χ3n) is 3.52. The van der Waals surface area contributed by atoms with Gasteiger partial charge in [-0.15, -0.1) is 0 Å². The minimum Gasteiger partial charge on any atom is -0.371 e. The monoisotopic (exact) mass is 228 g/mol. The van der Waals surface area contributed by atoms with Crippen molar-refractivity contribution < 1.29 is 0 Å². The summed E-state index contributed by atoms with van der Waals surface area (Å²) in [6.07, 6.45) is 6.68. The van der Waals surface area contributed by atoms with Crippen molar-refractivity contribution in [3.05, 3.63) is 29.3 Å². The molecule has 1 aromatic carbocycles. The number of hydrogen-bond acceptors (Lipinski definition) is 2. The van der Waals surface area contributed by atoms with Gasteiger partial charge in [-0.2, -0.15) is 5.26 Å². The van der Waals surface area contributed by atoms with Crippen LogP contribution in [0.2, 0.25) is 0 Å². The molecule has 17 heavy (non-hydrogen) atoms. The molecule has 0 radical (unpaired) electrons. The highest BCUT2D eigenvalue weighted by Gasteiger charge is 2.11. The summed E-state index contributed by atoms with van der Waals surface area (Å²) in [6.45, 7) is 4.43. The van der Waals surface area contributed by atoms with Gasteiger partial charge in [0.25, 0.3) is 0 Å². The molecule has 2 heteroatoms. The van der Waals surface area contributed by atoms with E-state index in [-0.39, 0.29) is 0 Å². The molecule has 0 bridgehead atoms. The van der Waals surface area contributed by atoms with Gasteiger partial charge in [0.15, 0.2) is 0 Å². The third-order valence-corrected chi connectivity index (χ3v) is 3.52. The maximum absolute atomic E-state index is 8.88. The molecule has 1 heterocycles. The first-order valence-electron chi connectivity index (χ1n) is 6.57. The van der Waals surface area contributed by atoms with Gasteiger partial charge in [0.1, 0.15) is 0 Å². The maximum Gasteiger partial charge on any atom is 0.0991 e. The third kappa shape index (κ3) is 3.00. The first kappa shape index (κ1) is 12.0. The highest BCUT2D eigenvalue weighted by Crippen LogP contribution is 2.23. The molecular weight excluding hydrogens is 208 g/mol. The zero-order valence-electron chi connectivity index (χ0n) is 10.6. The number of hydrogen-bond donors (Lipinski definition) is 0. The second-order valence-electron chi connectivity index (χ2n) is 4.87. The van der Waals surface area contributed by atoms with Crippen molar-refractivity contribution in [3.63, 3.8) is 0 Å². The Morgan fingerprint density at radius 2 is 1.71 bits per heavy atom. The van der Waals surface area contributed by atoms with Crippen LogP contribution in [0.5, 0.6) is 0 Å². The predicted molar refractivity (Wildman–Crippen MR) is 71.2 cm³/mol. The molecular formula is C15H20N2. The van der Waals surface area contributed by atoms with Gasteiger partial charge in [0, 0.05) is 18.8 Å². The fourth-order valence-electron chi connectivity index (χ4n) is 2.57. The van der Waals surface area contributed by atoms with Gasteiger partial charge in [-0.1, -0.05) is 19.3 Å².